The number of nitrogens with zero attached hydrogens (tertiary/aromatic N) is 2. The standard InChI is InChI=1S/C17H24N2O3S/c20-16(10-13-3-9-23-12-13)19-11-15(18-4-7-21-8-5-18)17-14(19)2-1-6-22-17/h3,9,12,14-15,17H,1-2,4-8,10-11H2/t14-,15-,17+/m0/s1. The number of ether oxygens (including phenoxy) is 2. The molecular weight excluding hydrogens is 312 g/mol. The summed E-state index contributed by atoms with van der Waals surface area (Å²) in [5.74, 6) is 0.250. The van der Waals surface area contributed by atoms with Gasteiger partial charge in [0.05, 0.1) is 37.8 Å². The van der Waals surface area contributed by atoms with E-state index >= 15 is 0 Å². The van der Waals surface area contributed by atoms with E-state index in [1.807, 2.05) is 11.4 Å². The highest BCUT2D eigenvalue weighted by Gasteiger charge is 2.48. The molecule has 0 N–H and O–H groups in total. The van der Waals surface area contributed by atoms with Crippen LogP contribution in [0.5, 0.6) is 0 Å². The van der Waals surface area contributed by atoms with Crippen LogP contribution in [-0.2, 0) is 20.7 Å². The van der Waals surface area contributed by atoms with Gasteiger partial charge in [-0.25, -0.2) is 0 Å². The molecule has 3 fully saturated rings. The van der Waals surface area contributed by atoms with Crippen molar-refractivity contribution in [2.75, 3.05) is 39.5 Å². The number of hydrogen-bond acceptors (Lipinski definition) is 5. The highest BCUT2D eigenvalue weighted by molar-refractivity contribution is 7.07. The largest absolute Gasteiger partial charge is 0.379 e. The molecule has 5 nitrogen and oxygen atoms in total. The number of likely N-dealkylation sites (tertiary alicyclic amines) is 1. The molecule has 126 valence electrons. The third-order valence-electron chi connectivity index (χ3n) is 5.27. The van der Waals surface area contributed by atoms with E-state index in [0.29, 0.717) is 12.5 Å². The van der Waals surface area contributed by atoms with Gasteiger partial charge in [0.2, 0.25) is 5.91 Å². The summed E-state index contributed by atoms with van der Waals surface area (Å²) in [5.41, 5.74) is 1.13. The Morgan fingerprint density at radius 3 is 2.91 bits per heavy atom. The molecule has 3 saturated heterocycles. The summed E-state index contributed by atoms with van der Waals surface area (Å²) < 4.78 is 11.6. The van der Waals surface area contributed by atoms with Crippen LogP contribution in [0.25, 0.3) is 0 Å². The first-order valence-electron chi connectivity index (χ1n) is 8.57. The second-order valence-electron chi connectivity index (χ2n) is 6.62. The fourth-order valence-electron chi connectivity index (χ4n) is 4.12. The Labute approximate surface area is 141 Å². The number of fused-ring (bicyclic) bond motifs is 1. The molecule has 0 saturated carbocycles. The van der Waals surface area contributed by atoms with E-state index < -0.39 is 0 Å². The molecule has 0 radical (unpaired) electrons. The maximum absolute atomic E-state index is 12.8. The Bertz CT molecular complexity index is 530. The Morgan fingerprint density at radius 2 is 2.13 bits per heavy atom. The third-order valence-corrected chi connectivity index (χ3v) is 6.00. The summed E-state index contributed by atoms with van der Waals surface area (Å²) >= 11 is 1.65. The second-order valence-corrected chi connectivity index (χ2v) is 7.40. The lowest BCUT2D eigenvalue weighted by Gasteiger charge is -2.37. The minimum Gasteiger partial charge on any atom is -0.379 e. The van der Waals surface area contributed by atoms with Crippen LogP contribution in [0.4, 0.5) is 0 Å². The van der Waals surface area contributed by atoms with Crippen LogP contribution >= 0.6 is 11.3 Å². The molecule has 0 spiro atoms. The van der Waals surface area contributed by atoms with E-state index in [1.165, 1.54) is 0 Å². The zero-order valence-corrected chi connectivity index (χ0v) is 14.2. The SMILES string of the molecule is O=C(Cc1ccsc1)N1C[C@H](N2CCOCC2)[C@@H]2OCCC[C@@H]21. The van der Waals surface area contributed by atoms with Crippen molar-refractivity contribution in [1.29, 1.82) is 0 Å². The number of carbonyl (C=O) groups is 1. The van der Waals surface area contributed by atoms with Gasteiger partial charge in [-0.15, -0.1) is 0 Å². The zero-order valence-electron chi connectivity index (χ0n) is 13.4. The van der Waals surface area contributed by atoms with Gasteiger partial charge >= 0.3 is 0 Å². The van der Waals surface area contributed by atoms with Crippen molar-refractivity contribution in [2.24, 2.45) is 0 Å². The molecule has 0 aromatic carbocycles. The van der Waals surface area contributed by atoms with Gasteiger partial charge in [0.15, 0.2) is 0 Å². The first kappa shape index (κ1) is 15.6. The number of hydrogen-bond donors (Lipinski definition) is 0. The van der Waals surface area contributed by atoms with E-state index in [0.717, 1.165) is 57.9 Å². The monoisotopic (exact) mass is 336 g/mol. The number of morpholine rings is 1. The molecule has 1 aromatic rings. The van der Waals surface area contributed by atoms with Gasteiger partial charge in [0.1, 0.15) is 0 Å². The zero-order chi connectivity index (χ0) is 15.6. The topological polar surface area (TPSA) is 42.0 Å². The molecule has 3 atom stereocenters. The Hall–Kier alpha value is -0.950. The normalized spacial score (nSPS) is 32.0. The molecule has 1 aromatic heterocycles. The molecule has 4 rings (SSSR count). The third kappa shape index (κ3) is 3.18. The lowest BCUT2D eigenvalue weighted by Crippen LogP contribution is -2.51. The van der Waals surface area contributed by atoms with Gasteiger partial charge in [-0.2, -0.15) is 11.3 Å². The fourth-order valence-corrected chi connectivity index (χ4v) is 4.79. The summed E-state index contributed by atoms with van der Waals surface area (Å²) in [4.78, 5) is 17.4. The quantitative estimate of drug-likeness (QED) is 0.836. The molecule has 6 heteroatoms. The Balaban J connectivity index is 1.49. The summed E-state index contributed by atoms with van der Waals surface area (Å²) in [5, 5.41) is 4.11. The van der Waals surface area contributed by atoms with Crippen molar-refractivity contribution in [2.45, 2.75) is 37.5 Å². The van der Waals surface area contributed by atoms with Crippen LogP contribution in [0.2, 0.25) is 0 Å². The van der Waals surface area contributed by atoms with Crippen molar-refractivity contribution in [3.05, 3.63) is 22.4 Å². The molecule has 4 heterocycles. The molecule has 1 amide bonds. The average Bonchev–Trinajstić information content (AvgIpc) is 3.23. The summed E-state index contributed by atoms with van der Waals surface area (Å²) in [7, 11) is 0. The molecule has 3 aliphatic heterocycles. The summed E-state index contributed by atoms with van der Waals surface area (Å²) in [6.07, 6.45) is 2.82. The van der Waals surface area contributed by atoms with Gasteiger partial charge in [0, 0.05) is 26.2 Å². The number of rotatable bonds is 3. The molecule has 0 bridgehead atoms. The van der Waals surface area contributed by atoms with E-state index in [2.05, 4.69) is 15.2 Å². The smallest absolute Gasteiger partial charge is 0.227 e. The van der Waals surface area contributed by atoms with E-state index in [4.69, 9.17) is 9.47 Å². The van der Waals surface area contributed by atoms with E-state index in [1.54, 1.807) is 11.3 Å². The fraction of sp³-hybridized carbons (Fsp3) is 0.706. The predicted molar refractivity (Wildman–Crippen MR) is 88.7 cm³/mol. The van der Waals surface area contributed by atoms with Gasteiger partial charge in [-0.1, -0.05) is 0 Å². The molecule has 0 unspecified atom stereocenters. The molecule has 23 heavy (non-hydrogen) atoms. The van der Waals surface area contributed by atoms with Crippen LogP contribution in [-0.4, -0.2) is 73.3 Å². The molecular formula is C17H24N2O3S. The Kier molecular flexibility index (Phi) is 4.66. The number of amides is 1. The minimum absolute atomic E-state index is 0.174. The highest BCUT2D eigenvalue weighted by atomic mass is 32.1. The van der Waals surface area contributed by atoms with Crippen LogP contribution in [0.3, 0.4) is 0 Å². The van der Waals surface area contributed by atoms with Crippen LogP contribution in [0.1, 0.15) is 18.4 Å². The van der Waals surface area contributed by atoms with Crippen LogP contribution in [0, 0.1) is 0 Å². The lowest BCUT2D eigenvalue weighted by atomic mass is 9.99. The van der Waals surface area contributed by atoms with Gasteiger partial charge in [-0.05, 0) is 35.2 Å². The first-order chi connectivity index (χ1) is 11.3. The predicted octanol–water partition coefficient (Wildman–Crippen LogP) is 1.38. The minimum atomic E-state index is 0.174. The van der Waals surface area contributed by atoms with Crippen molar-refractivity contribution >= 4 is 17.2 Å². The highest BCUT2D eigenvalue weighted by Crippen LogP contribution is 2.32. The van der Waals surface area contributed by atoms with Crippen molar-refractivity contribution in [3.63, 3.8) is 0 Å². The molecule has 3 aliphatic rings. The van der Waals surface area contributed by atoms with Gasteiger partial charge < -0.3 is 14.4 Å². The lowest BCUT2D eigenvalue weighted by molar-refractivity contribution is -0.134. The second kappa shape index (κ2) is 6.89. The summed E-state index contributed by atoms with van der Waals surface area (Å²) in [6, 6.07) is 2.63. The maximum atomic E-state index is 12.8. The average molecular weight is 336 g/mol. The number of thiophene rings is 1. The van der Waals surface area contributed by atoms with E-state index in [9.17, 15) is 4.79 Å². The van der Waals surface area contributed by atoms with Gasteiger partial charge in [-0.3, -0.25) is 9.69 Å². The summed E-state index contributed by atoms with van der Waals surface area (Å²) in [6.45, 7) is 5.11. The Morgan fingerprint density at radius 1 is 1.26 bits per heavy atom. The van der Waals surface area contributed by atoms with Crippen molar-refractivity contribution in [1.82, 2.24) is 9.80 Å². The maximum Gasteiger partial charge on any atom is 0.227 e. The first-order valence-corrected chi connectivity index (χ1v) is 9.51. The van der Waals surface area contributed by atoms with Crippen molar-refractivity contribution < 1.29 is 14.3 Å². The van der Waals surface area contributed by atoms with Crippen molar-refractivity contribution in [3.8, 4) is 0 Å². The van der Waals surface area contributed by atoms with Gasteiger partial charge in [0.25, 0.3) is 0 Å². The van der Waals surface area contributed by atoms with E-state index in [-0.39, 0.29) is 18.1 Å². The van der Waals surface area contributed by atoms with Crippen LogP contribution in [0.15, 0.2) is 16.8 Å². The van der Waals surface area contributed by atoms with Crippen LogP contribution < -0.4 is 0 Å². The number of carbonyl (C=O) groups excluding carboxylic acids is 1. The molecule has 0 aliphatic carbocycles.